The summed E-state index contributed by atoms with van der Waals surface area (Å²) in [5.74, 6) is 2.96. The van der Waals surface area contributed by atoms with Crippen molar-refractivity contribution < 1.29 is 9.47 Å². The van der Waals surface area contributed by atoms with Crippen LogP contribution in [-0.4, -0.2) is 33.1 Å². The van der Waals surface area contributed by atoms with Crippen LogP contribution in [0.4, 0.5) is 23.1 Å². The van der Waals surface area contributed by atoms with Crippen LogP contribution in [0.5, 0.6) is 11.5 Å². The summed E-state index contributed by atoms with van der Waals surface area (Å²) in [6, 6.07) is 15.5. The van der Waals surface area contributed by atoms with Crippen molar-refractivity contribution in [1.82, 2.24) is 19.9 Å². The molecule has 0 aliphatic carbocycles. The minimum absolute atomic E-state index is 0.412. The first kappa shape index (κ1) is 27.0. The molecular formula is C26H28Cl2N6O2. The number of anilines is 4. The molecule has 0 fully saturated rings. The Hall–Kier alpha value is -3.62. The van der Waals surface area contributed by atoms with E-state index in [1.54, 1.807) is 13.1 Å². The van der Waals surface area contributed by atoms with Gasteiger partial charge in [-0.1, -0.05) is 23.2 Å². The van der Waals surface area contributed by atoms with Gasteiger partial charge in [0.15, 0.2) is 0 Å². The van der Waals surface area contributed by atoms with Crippen molar-refractivity contribution in [3.8, 4) is 11.5 Å². The van der Waals surface area contributed by atoms with Gasteiger partial charge >= 0.3 is 0 Å². The van der Waals surface area contributed by atoms with E-state index >= 15 is 0 Å². The largest absolute Gasteiger partial charge is 0.494 e. The van der Waals surface area contributed by atoms with Gasteiger partial charge in [-0.2, -0.15) is 4.98 Å². The molecule has 8 nitrogen and oxygen atoms in total. The van der Waals surface area contributed by atoms with Crippen molar-refractivity contribution in [3.63, 3.8) is 0 Å². The lowest BCUT2D eigenvalue weighted by atomic mass is 10.3. The summed E-state index contributed by atoms with van der Waals surface area (Å²) in [4.78, 5) is 16.4. The zero-order valence-corrected chi connectivity index (χ0v) is 22.1. The van der Waals surface area contributed by atoms with Crippen LogP contribution in [0.15, 0.2) is 61.1 Å². The Morgan fingerprint density at radius 2 is 1.22 bits per heavy atom. The monoisotopic (exact) mass is 526 g/mol. The number of hydrogen-bond donors (Lipinski definition) is 2. The van der Waals surface area contributed by atoms with E-state index in [-0.39, 0.29) is 0 Å². The number of rotatable bonds is 8. The predicted molar refractivity (Wildman–Crippen MR) is 145 cm³/mol. The highest BCUT2D eigenvalue weighted by molar-refractivity contribution is 6.34. The molecule has 2 N–H and O–H groups in total. The average molecular weight is 527 g/mol. The quantitative estimate of drug-likeness (QED) is 0.233. The molecule has 4 rings (SSSR count). The lowest BCUT2D eigenvalue weighted by molar-refractivity contribution is 0.340. The molecule has 2 heterocycles. The maximum absolute atomic E-state index is 5.58. The van der Waals surface area contributed by atoms with Gasteiger partial charge in [-0.05, 0) is 76.2 Å². The Morgan fingerprint density at radius 3 is 1.69 bits per heavy atom. The van der Waals surface area contributed by atoms with E-state index in [2.05, 4.69) is 30.6 Å². The van der Waals surface area contributed by atoms with Crippen LogP contribution in [0, 0.1) is 13.8 Å². The molecule has 0 unspecified atom stereocenters. The van der Waals surface area contributed by atoms with Gasteiger partial charge in [0, 0.05) is 28.7 Å². The van der Waals surface area contributed by atoms with Gasteiger partial charge in [-0.15, -0.1) is 0 Å². The highest BCUT2D eigenvalue weighted by atomic mass is 35.5. The summed E-state index contributed by atoms with van der Waals surface area (Å²) in [6.45, 7) is 8.97. The standard InChI is InChI=1S/C21H24N4O2.C5H4Cl2N2/c1-4-26-18-10-6-16(7-11-18)23-20-15(3)14-22-21(25-20)24-17-8-12-19(13-9-17)27-5-2;1-3-4(6)8-2-9-5(3)7/h6-14H,4-5H2,1-3H3,(H2,22,23,24,25);2H,1H3. The molecule has 0 spiro atoms. The van der Waals surface area contributed by atoms with E-state index in [0.29, 0.717) is 29.5 Å². The van der Waals surface area contributed by atoms with E-state index in [1.165, 1.54) is 6.33 Å². The molecule has 0 amide bonds. The normalized spacial score (nSPS) is 10.2. The molecule has 10 heteroatoms. The zero-order valence-electron chi connectivity index (χ0n) is 20.5. The van der Waals surface area contributed by atoms with Crippen LogP contribution >= 0.6 is 23.2 Å². The number of benzene rings is 2. The maximum Gasteiger partial charge on any atom is 0.229 e. The maximum atomic E-state index is 5.58. The number of nitrogens with one attached hydrogen (secondary N) is 2. The fourth-order valence-corrected chi connectivity index (χ4v) is 3.22. The fourth-order valence-electron chi connectivity index (χ4n) is 2.91. The molecule has 188 valence electrons. The van der Waals surface area contributed by atoms with Crippen molar-refractivity contribution in [2.75, 3.05) is 23.8 Å². The Bertz CT molecular complexity index is 1230. The third kappa shape index (κ3) is 7.96. The molecule has 0 saturated carbocycles. The van der Waals surface area contributed by atoms with E-state index < -0.39 is 0 Å². The van der Waals surface area contributed by atoms with Gasteiger partial charge < -0.3 is 20.1 Å². The summed E-state index contributed by atoms with van der Waals surface area (Å²) in [6.07, 6.45) is 3.12. The second kappa shape index (κ2) is 13.5. The van der Waals surface area contributed by atoms with E-state index in [9.17, 15) is 0 Å². The molecule has 0 bridgehead atoms. The van der Waals surface area contributed by atoms with Gasteiger partial charge in [0.25, 0.3) is 0 Å². The van der Waals surface area contributed by atoms with E-state index in [4.69, 9.17) is 32.7 Å². The summed E-state index contributed by atoms with van der Waals surface area (Å²) >= 11 is 11.2. The van der Waals surface area contributed by atoms with Crippen molar-refractivity contribution in [3.05, 3.63) is 82.5 Å². The molecule has 0 saturated heterocycles. The second-order valence-corrected chi connectivity index (χ2v) is 8.19. The SMILES string of the molecule is CCOc1ccc(Nc2ncc(C)c(Nc3ccc(OCC)cc3)n2)cc1.Cc1c(Cl)ncnc1Cl. The van der Waals surface area contributed by atoms with E-state index in [0.717, 1.165) is 39.8 Å². The third-order valence-electron chi connectivity index (χ3n) is 4.78. The highest BCUT2D eigenvalue weighted by Crippen LogP contribution is 2.23. The minimum Gasteiger partial charge on any atom is -0.494 e. The highest BCUT2D eigenvalue weighted by Gasteiger charge is 2.06. The number of halogens is 2. The first-order valence-corrected chi connectivity index (χ1v) is 12.1. The first-order valence-electron chi connectivity index (χ1n) is 11.4. The van der Waals surface area contributed by atoms with Crippen molar-refractivity contribution in [1.29, 1.82) is 0 Å². The van der Waals surface area contributed by atoms with Gasteiger partial charge in [0.1, 0.15) is 34.0 Å². The molecule has 0 aliphatic rings. The summed E-state index contributed by atoms with van der Waals surface area (Å²) in [7, 11) is 0. The van der Waals surface area contributed by atoms with Gasteiger partial charge in [0.05, 0.1) is 13.2 Å². The molecule has 2 aromatic heterocycles. The Balaban J connectivity index is 0.000000338. The smallest absolute Gasteiger partial charge is 0.229 e. The predicted octanol–water partition coefficient (Wildman–Crippen LogP) is 7.16. The third-order valence-corrected chi connectivity index (χ3v) is 5.54. The number of aryl methyl sites for hydroxylation is 1. The molecule has 4 aromatic rings. The number of hydrogen-bond acceptors (Lipinski definition) is 8. The van der Waals surface area contributed by atoms with Gasteiger partial charge in [-0.3, -0.25) is 0 Å². The molecule has 36 heavy (non-hydrogen) atoms. The van der Waals surface area contributed by atoms with E-state index in [1.807, 2.05) is 69.3 Å². The molecule has 0 radical (unpaired) electrons. The van der Waals surface area contributed by atoms with Crippen LogP contribution in [0.25, 0.3) is 0 Å². The Morgan fingerprint density at radius 1 is 0.722 bits per heavy atom. The molecule has 2 aromatic carbocycles. The van der Waals surface area contributed by atoms with Crippen LogP contribution in [0.3, 0.4) is 0 Å². The number of nitrogens with zero attached hydrogens (tertiary/aromatic N) is 4. The number of aromatic nitrogens is 4. The first-order chi connectivity index (χ1) is 17.4. The fraction of sp³-hybridized carbons (Fsp3) is 0.231. The molecular weight excluding hydrogens is 499 g/mol. The topological polar surface area (TPSA) is 94.1 Å². The second-order valence-electron chi connectivity index (χ2n) is 7.47. The zero-order chi connectivity index (χ0) is 25.9. The van der Waals surface area contributed by atoms with Gasteiger partial charge in [0.2, 0.25) is 5.95 Å². The summed E-state index contributed by atoms with van der Waals surface area (Å²) in [5.41, 5.74) is 3.52. The van der Waals surface area contributed by atoms with Crippen molar-refractivity contribution >= 4 is 46.3 Å². The summed E-state index contributed by atoms with van der Waals surface area (Å²) in [5, 5.41) is 7.37. The van der Waals surface area contributed by atoms with Crippen LogP contribution < -0.4 is 20.1 Å². The van der Waals surface area contributed by atoms with Crippen LogP contribution in [-0.2, 0) is 0 Å². The molecule has 0 aliphatic heterocycles. The lowest BCUT2D eigenvalue weighted by Gasteiger charge is -2.12. The lowest BCUT2D eigenvalue weighted by Crippen LogP contribution is -2.03. The minimum atomic E-state index is 0.412. The van der Waals surface area contributed by atoms with Crippen LogP contribution in [0.2, 0.25) is 10.3 Å². The Kier molecular flexibility index (Phi) is 10.1. The molecule has 0 atom stereocenters. The number of ether oxygens (including phenoxy) is 2. The van der Waals surface area contributed by atoms with Crippen molar-refractivity contribution in [2.24, 2.45) is 0 Å². The van der Waals surface area contributed by atoms with Crippen molar-refractivity contribution in [2.45, 2.75) is 27.7 Å². The Labute approximate surface area is 221 Å². The average Bonchev–Trinajstić information content (AvgIpc) is 2.88. The van der Waals surface area contributed by atoms with Crippen LogP contribution in [0.1, 0.15) is 25.0 Å². The van der Waals surface area contributed by atoms with Gasteiger partial charge in [-0.25, -0.2) is 15.0 Å². The summed E-state index contributed by atoms with van der Waals surface area (Å²) < 4.78 is 10.9.